The molecule has 1 aliphatic rings. The fourth-order valence-corrected chi connectivity index (χ4v) is 4.92. The van der Waals surface area contributed by atoms with Gasteiger partial charge in [-0.2, -0.15) is 0 Å². The highest BCUT2D eigenvalue weighted by Crippen LogP contribution is 2.31. The van der Waals surface area contributed by atoms with Gasteiger partial charge in [-0.3, -0.25) is 14.5 Å². The van der Waals surface area contributed by atoms with Crippen molar-refractivity contribution in [2.24, 2.45) is 0 Å². The number of nitrogens with one attached hydrogen (secondary N) is 1. The molecule has 1 fully saturated rings. The normalized spacial score (nSPS) is 15.0. The second-order valence-corrected chi connectivity index (χ2v) is 9.83. The van der Waals surface area contributed by atoms with E-state index in [4.69, 9.17) is 16.3 Å². The van der Waals surface area contributed by atoms with E-state index < -0.39 is 30.2 Å². The van der Waals surface area contributed by atoms with Crippen LogP contribution in [0.3, 0.4) is 0 Å². The smallest absolute Gasteiger partial charge is 0.257 e. The number of aliphatic hydroxyl groups is 3. The van der Waals surface area contributed by atoms with Gasteiger partial charge in [0, 0.05) is 48.2 Å². The van der Waals surface area contributed by atoms with Crippen LogP contribution in [-0.2, 0) is 23.4 Å². The van der Waals surface area contributed by atoms with Crippen LogP contribution in [0.1, 0.15) is 27.2 Å². The number of rotatable bonds is 8. The van der Waals surface area contributed by atoms with E-state index in [2.05, 4.69) is 10.2 Å². The molecular weight excluding hydrogens is 498 g/mol. The number of aromatic nitrogens is 1. The van der Waals surface area contributed by atoms with Gasteiger partial charge in [0.25, 0.3) is 5.91 Å². The Morgan fingerprint density at radius 3 is 2.43 bits per heavy atom. The molecule has 4 N–H and O–H groups in total. The molecule has 2 aromatic carbocycles. The Hall–Kier alpha value is -3.05. The van der Waals surface area contributed by atoms with Crippen molar-refractivity contribution in [2.45, 2.75) is 18.7 Å². The Bertz CT molecular complexity index is 1480. The SMILES string of the molecule is O=C(NCc1ccc(Cl)cc1)c1cn2c(C(O)(CO)CO)cc3cc(CN4CCOCC4)cc(c1=O)c32. The van der Waals surface area contributed by atoms with Crippen LogP contribution in [0.25, 0.3) is 16.3 Å². The molecule has 5 rings (SSSR count). The van der Waals surface area contributed by atoms with Gasteiger partial charge < -0.3 is 29.8 Å². The zero-order chi connectivity index (χ0) is 26.2. The number of ether oxygens (including phenoxy) is 1. The van der Waals surface area contributed by atoms with Gasteiger partial charge in [-0.05, 0) is 41.5 Å². The number of nitrogens with zero attached hydrogens (tertiary/aromatic N) is 2. The van der Waals surface area contributed by atoms with Crippen molar-refractivity contribution < 1.29 is 24.9 Å². The molecule has 4 aromatic rings. The molecule has 37 heavy (non-hydrogen) atoms. The molecule has 0 saturated carbocycles. The number of hydrogen-bond donors (Lipinski definition) is 4. The Labute approximate surface area is 217 Å². The third-order valence-corrected chi connectivity index (χ3v) is 7.11. The lowest BCUT2D eigenvalue weighted by Crippen LogP contribution is -2.36. The van der Waals surface area contributed by atoms with Gasteiger partial charge >= 0.3 is 0 Å². The highest BCUT2D eigenvalue weighted by Gasteiger charge is 2.33. The van der Waals surface area contributed by atoms with Crippen LogP contribution in [0, 0.1) is 0 Å². The highest BCUT2D eigenvalue weighted by atomic mass is 35.5. The van der Waals surface area contributed by atoms with Gasteiger partial charge in [0.1, 0.15) is 5.56 Å². The molecule has 1 amide bonds. The molecule has 0 bridgehead atoms. The minimum Gasteiger partial charge on any atom is -0.393 e. The molecule has 1 saturated heterocycles. The van der Waals surface area contributed by atoms with E-state index in [0.717, 1.165) is 24.2 Å². The lowest BCUT2D eigenvalue weighted by Gasteiger charge is -2.26. The number of pyridine rings is 1. The van der Waals surface area contributed by atoms with Crippen LogP contribution < -0.4 is 10.7 Å². The van der Waals surface area contributed by atoms with E-state index in [1.54, 1.807) is 36.4 Å². The Balaban J connectivity index is 1.60. The molecule has 2 aromatic heterocycles. The maximum absolute atomic E-state index is 13.6. The summed E-state index contributed by atoms with van der Waals surface area (Å²) in [5.74, 6) is -0.575. The second kappa shape index (κ2) is 10.4. The van der Waals surface area contributed by atoms with Crippen LogP contribution in [0.2, 0.25) is 5.02 Å². The van der Waals surface area contributed by atoms with Gasteiger partial charge in [-0.15, -0.1) is 0 Å². The zero-order valence-electron chi connectivity index (χ0n) is 20.1. The van der Waals surface area contributed by atoms with E-state index in [9.17, 15) is 24.9 Å². The third kappa shape index (κ3) is 4.94. The Morgan fingerprint density at radius 1 is 1.05 bits per heavy atom. The molecular formula is C27H28ClN3O6. The van der Waals surface area contributed by atoms with E-state index in [1.165, 1.54) is 10.6 Å². The number of carbonyl (C=O) groups is 1. The number of halogens is 1. The third-order valence-electron chi connectivity index (χ3n) is 6.86. The first-order chi connectivity index (χ1) is 17.8. The Kier molecular flexibility index (Phi) is 7.17. The van der Waals surface area contributed by atoms with Crippen LogP contribution in [0.15, 0.2) is 53.5 Å². The predicted molar refractivity (Wildman–Crippen MR) is 139 cm³/mol. The molecule has 0 aliphatic carbocycles. The number of benzene rings is 2. The molecule has 0 unspecified atom stereocenters. The minimum atomic E-state index is -1.97. The average molecular weight is 526 g/mol. The minimum absolute atomic E-state index is 0.109. The summed E-state index contributed by atoms with van der Waals surface area (Å²) in [4.78, 5) is 29.0. The zero-order valence-corrected chi connectivity index (χ0v) is 20.9. The van der Waals surface area contributed by atoms with Crippen molar-refractivity contribution >= 4 is 33.8 Å². The summed E-state index contributed by atoms with van der Waals surface area (Å²) in [6.07, 6.45) is 1.36. The summed E-state index contributed by atoms with van der Waals surface area (Å²) in [6, 6.07) is 12.3. The summed E-state index contributed by atoms with van der Waals surface area (Å²) in [6.45, 7) is 2.10. The Morgan fingerprint density at radius 2 is 1.76 bits per heavy atom. The van der Waals surface area contributed by atoms with Crippen molar-refractivity contribution in [3.63, 3.8) is 0 Å². The number of hydrogen-bond acceptors (Lipinski definition) is 7. The first-order valence-corrected chi connectivity index (χ1v) is 12.4. The highest BCUT2D eigenvalue weighted by molar-refractivity contribution is 6.30. The predicted octanol–water partition coefficient (Wildman–Crippen LogP) is 1.48. The fourth-order valence-electron chi connectivity index (χ4n) is 4.80. The fraction of sp³-hybridized carbons (Fsp3) is 0.333. The molecule has 0 spiro atoms. The van der Waals surface area contributed by atoms with Crippen molar-refractivity contribution in [3.8, 4) is 0 Å². The maximum atomic E-state index is 13.6. The number of amides is 1. The van der Waals surface area contributed by atoms with Gasteiger partial charge in [0.05, 0.1) is 37.6 Å². The van der Waals surface area contributed by atoms with E-state index >= 15 is 0 Å². The monoisotopic (exact) mass is 525 g/mol. The molecule has 1 aliphatic heterocycles. The molecule has 194 valence electrons. The van der Waals surface area contributed by atoms with Gasteiger partial charge in [0.15, 0.2) is 5.60 Å². The quantitative estimate of drug-likeness (QED) is 0.275. The van der Waals surface area contributed by atoms with Gasteiger partial charge in [0.2, 0.25) is 5.43 Å². The molecule has 0 atom stereocenters. The number of aliphatic hydroxyl groups excluding tert-OH is 2. The number of carbonyl (C=O) groups excluding carboxylic acids is 1. The van der Waals surface area contributed by atoms with E-state index in [-0.39, 0.29) is 17.8 Å². The summed E-state index contributed by atoms with van der Waals surface area (Å²) in [5, 5.41) is 35.1. The lowest BCUT2D eigenvalue weighted by atomic mass is 10.0. The van der Waals surface area contributed by atoms with Crippen LogP contribution in [-0.4, -0.2) is 70.0 Å². The standard InChI is InChI=1S/C27H28ClN3O6/c28-20-3-1-17(2-4-20)12-29-26(35)22-14-31-23(27(36,15-32)16-33)11-19-9-18(10-21(24(19)31)25(22)34)13-30-5-7-37-8-6-30/h1-4,9-11,14,32-33,36H,5-8,12-13,15-16H2,(H,29,35). The van der Waals surface area contributed by atoms with Gasteiger partial charge in [-0.25, -0.2) is 0 Å². The van der Waals surface area contributed by atoms with Crippen molar-refractivity contribution in [3.05, 3.63) is 86.3 Å². The molecule has 0 radical (unpaired) electrons. The summed E-state index contributed by atoms with van der Waals surface area (Å²) < 4.78 is 6.95. The molecule has 3 heterocycles. The molecule has 10 heteroatoms. The van der Waals surface area contributed by atoms with E-state index in [1.807, 2.05) is 6.07 Å². The largest absolute Gasteiger partial charge is 0.393 e. The van der Waals surface area contributed by atoms with Crippen LogP contribution in [0.5, 0.6) is 0 Å². The van der Waals surface area contributed by atoms with Crippen molar-refractivity contribution in [1.82, 2.24) is 14.6 Å². The number of morpholine rings is 1. The van der Waals surface area contributed by atoms with Crippen molar-refractivity contribution in [1.29, 1.82) is 0 Å². The summed E-state index contributed by atoms with van der Waals surface area (Å²) in [7, 11) is 0. The maximum Gasteiger partial charge on any atom is 0.257 e. The summed E-state index contributed by atoms with van der Waals surface area (Å²) >= 11 is 5.93. The summed E-state index contributed by atoms with van der Waals surface area (Å²) in [5.41, 5.74) is -0.122. The first-order valence-electron chi connectivity index (χ1n) is 12.0. The lowest BCUT2D eigenvalue weighted by molar-refractivity contribution is -0.0633. The second-order valence-electron chi connectivity index (χ2n) is 9.40. The van der Waals surface area contributed by atoms with Crippen molar-refractivity contribution in [2.75, 3.05) is 39.5 Å². The average Bonchev–Trinajstić information content (AvgIpc) is 3.29. The topological polar surface area (TPSA) is 124 Å². The van der Waals surface area contributed by atoms with Crippen LogP contribution in [0.4, 0.5) is 0 Å². The van der Waals surface area contributed by atoms with Crippen LogP contribution >= 0.6 is 11.6 Å². The molecule has 9 nitrogen and oxygen atoms in total. The first kappa shape index (κ1) is 25.6. The van der Waals surface area contributed by atoms with E-state index in [0.29, 0.717) is 41.1 Å². The van der Waals surface area contributed by atoms with Gasteiger partial charge in [-0.1, -0.05) is 23.7 Å².